The summed E-state index contributed by atoms with van der Waals surface area (Å²) >= 11 is 1.25. The number of benzene rings is 1. The van der Waals surface area contributed by atoms with Crippen LogP contribution in [0.1, 0.15) is 30.7 Å². The van der Waals surface area contributed by atoms with Gasteiger partial charge < -0.3 is 9.88 Å². The molecule has 0 aliphatic carbocycles. The van der Waals surface area contributed by atoms with Gasteiger partial charge in [0.15, 0.2) is 15.0 Å². The zero-order chi connectivity index (χ0) is 21.0. The van der Waals surface area contributed by atoms with E-state index in [9.17, 15) is 13.2 Å². The number of amides is 1. The van der Waals surface area contributed by atoms with Crippen molar-refractivity contribution in [2.45, 2.75) is 36.2 Å². The van der Waals surface area contributed by atoms with Crippen LogP contribution in [0.5, 0.6) is 0 Å². The van der Waals surface area contributed by atoms with Crippen LogP contribution in [0, 0.1) is 11.3 Å². The number of anilines is 1. The van der Waals surface area contributed by atoms with E-state index in [4.69, 9.17) is 5.26 Å². The Morgan fingerprint density at radius 1 is 1.45 bits per heavy atom. The lowest BCUT2D eigenvalue weighted by Gasteiger charge is -2.14. The van der Waals surface area contributed by atoms with E-state index in [0.717, 1.165) is 0 Å². The van der Waals surface area contributed by atoms with Gasteiger partial charge in [0, 0.05) is 18.2 Å². The fraction of sp³-hybridized carbons (Fsp3) is 0.368. The van der Waals surface area contributed by atoms with Crippen molar-refractivity contribution in [1.29, 1.82) is 5.26 Å². The van der Waals surface area contributed by atoms with Crippen molar-refractivity contribution >= 4 is 33.2 Å². The number of sulfone groups is 1. The van der Waals surface area contributed by atoms with Crippen LogP contribution in [0.25, 0.3) is 0 Å². The summed E-state index contributed by atoms with van der Waals surface area (Å²) in [7, 11) is -3.04. The Morgan fingerprint density at radius 2 is 2.17 bits per heavy atom. The van der Waals surface area contributed by atoms with Crippen molar-refractivity contribution in [2.75, 3.05) is 16.8 Å². The zero-order valence-corrected chi connectivity index (χ0v) is 17.5. The smallest absolute Gasteiger partial charge is 0.237 e. The van der Waals surface area contributed by atoms with Crippen molar-refractivity contribution in [3.8, 4) is 6.07 Å². The predicted molar refractivity (Wildman–Crippen MR) is 111 cm³/mol. The van der Waals surface area contributed by atoms with Crippen LogP contribution in [-0.2, 0) is 21.2 Å². The highest BCUT2D eigenvalue weighted by atomic mass is 32.2. The number of hydrogen-bond acceptors (Lipinski definition) is 7. The van der Waals surface area contributed by atoms with Gasteiger partial charge in [0.05, 0.1) is 28.4 Å². The molecule has 10 heteroatoms. The van der Waals surface area contributed by atoms with Gasteiger partial charge in [-0.05, 0) is 37.6 Å². The summed E-state index contributed by atoms with van der Waals surface area (Å²) in [5.74, 6) is 0.446. The summed E-state index contributed by atoms with van der Waals surface area (Å²) in [5, 5.41) is 20.2. The number of carbonyl (C=O) groups excluding carboxylic acids is 1. The van der Waals surface area contributed by atoms with Crippen LogP contribution < -0.4 is 5.32 Å². The van der Waals surface area contributed by atoms with Gasteiger partial charge in [-0.2, -0.15) is 5.26 Å². The number of allylic oxidation sites excluding steroid dienone is 1. The normalized spacial score (nSPS) is 18.7. The molecule has 0 unspecified atom stereocenters. The van der Waals surface area contributed by atoms with Gasteiger partial charge in [-0.1, -0.05) is 17.8 Å². The molecular weight excluding hydrogens is 410 g/mol. The Bertz CT molecular complexity index is 1050. The molecule has 1 aliphatic rings. The molecule has 152 valence electrons. The molecule has 1 amide bonds. The summed E-state index contributed by atoms with van der Waals surface area (Å²) in [5.41, 5.74) is 1.12. The maximum Gasteiger partial charge on any atom is 0.237 e. The van der Waals surface area contributed by atoms with E-state index in [0.29, 0.717) is 35.2 Å². The molecule has 0 bridgehead atoms. The van der Waals surface area contributed by atoms with Gasteiger partial charge in [0.2, 0.25) is 5.91 Å². The molecule has 1 aromatic carbocycles. The largest absolute Gasteiger partial charge is 0.325 e. The molecule has 1 fully saturated rings. The number of nitriles is 1. The molecule has 1 aromatic heterocycles. The standard InChI is InChI=1S/C19H21N5O3S2/c1-3-9-24-17(15-8-10-29(26,27)12-15)22-23-19(24)28-13(2)18(25)21-16-6-4-14(11-20)5-7-16/h3-7,13,15H,1,8-10,12H2,2H3,(H,21,25)/t13-,15-/m1/s1. The minimum absolute atomic E-state index is 0.0711. The lowest BCUT2D eigenvalue weighted by molar-refractivity contribution is -0.115. The summed E-state index contributed by atoms with van der Waals surface area (Å²) in [6.45, 7) is 5.95. The average molecular weight is 432 g/mol. The van der Waals surface area contributed by atoms with E-state index in [1.54, 1.807) is 37.3 Å². The first-order chi connectivity index (χ1) is 13.8. The molecule has 1 saturated heterocycles. The lowest BCUT2D eigenvalue weighted by Crippen LogP contribution is -2.23. The lowest BCUT2D eigenvalue weighted by atomic mass is 10.1. The molecular formula is C19H21N5O3S2. The van der Waals surface area contributed by atoms with Crippen molar-refractivity contribution in [3.63, 3.8) is 0 Å². The van der Waals surface area contributed by atoms with Crippen LogP contribution in [-0.4, -0.2) is 45.8 Å². The monoisotopic (exact) mass is 431 g/mol. The summed E-state index contributed by atoms with van der Waals surface area (Å²) in [6.07, 6.45) is 2.22. The third-order valence-corrected chi connectivity index (χ3v) is 7.44. The van der Waals surface area contributed by atoms with Crippen molar-refractivity contribution in [1.82, 2.24) is 14.8 Å². The Morgan fingerprint density at radius 3 is 2.76 bits per heavy atom. The molecule has 1 N–H and O–H groups in total. The number of carbonyl (C=O) groups is 1. The first-order valence-corrected chi connectivity index (χ1v) is 11.7. The van der Waals surface area contributed by atoms with E-state index in [2.05, 4.69) is 22.1 Å². The summed E-state index contributed by atoms with van der Waals surface area (Å²) in [6, 6.07) is 8.65. The first-order valence-electron chi connectivity index (χ1n) is 9.05. The van der Waals surface area contributed by atoms with Crippen LogP contribution in [0.4, 0.5) is 5.69 Å². The van der Waals surface area contributed by atoms with Crippen molar-refractivity contribution in [2.24, 2.45) is 0 Å². The number of nitrogens with one attached hydrogen (secondary N) is 1. The molecule has 29 heavy (non-hydrogen) atoms. The van der Waals surface area contributed by atoms with Gasteiger partial charge >= 0.3 is 0 Å². The second-order valence-electron chi connectivity index (χ2n) is 6.78. The van der Waals surface area contributed by atoms with Crippen LogP contribution in [0.2, 0.25) is 0 Å². The molecule has 0 spiro atoms. The van der Waals surface area contributed by atoms with E-state index in [-0.39, 0.29) is 23.3 Å². The molecule has 2 atom stereocenters. The Kier molecular flexibility index (Phi) is 6.39. The highest BCUT2D eigenvalue weighted by Crippen LogP contribution is 2.31. The number of hydrogen-bond donors (Lipinski definition) is 1. The molecule has 0 saturated carbocycles. The maximum atomic E-state index is 12.5. The molecule has 3 rings (SSSR count). The average Bonchev–Trinajstić information content (AvgIpc) is 3.25. The molecule has 1 aliphatic heterocycles. The van der Waals surface area contributed by atoms with Crippen molar-refractivity contribution in [3.05, 3.63) is 48.3 Å². The number of aromatic nitrogens is 3. The maximum absolute atomic E-state index is 12.5. The second kappa shape index (κ2) is 8.80. The quantitative estimate of drug-likeness (QED) is 0.528. The minimum Gasteiger partial charge on any atom is -0.325 e. The zero-order valence-electron chi connectivity index (χ0n) is 15.9. The topological polar surface area (TPSA) is 118 Å². The fourth-order valence-corrected chi connectivity index (χ4v) is 5.68. The third kappa shape index (κ3) is 5.05. The van der Waals surface area contributed by atoms with Crippen LogP contribution >= 0.6 is 11.8 Å². The molecule has 0 radical (unpaired) electrons. The van der Waals surface area contributed by atoms with Gasteiger partial charge in [0.25, 0.3) is 0 Å². The second-order valence-corrected chi connectivity index (χ2v) is 10.3. The number of rotatable bonds is 7. The van der Waals surface area contributed by atoms with Gasteiger partial charge in [-0.15, -0.1) is 16.8 Å². The van der Waals surface area contributed by atoms with E-state index < -0.39 is 15.1 Å². The highest BCUT2D eigenvalue weighted by molar-refractivity contribution is 8.00. The predicted octanol–water partition coefficient (Wildman–Crippen LogP) is 2.36. The molecule has 2 heterocycles. The number of nitrogens with zero attached hydrogens (tertiary/aromatic N) is 4. The fourth-order valence-electron chi connectivity index (χ4n) is 3.07. The molecule has 8 nitrogen and oxygen atoms in total. The Balaban J connectivity index is 1.72. The Hall–Kier alpha value is -2.64. The first kappa shape index (κ1) is 21.1. The summed E-state index contributed by atoms with van der Waals surface area (Å²) < 4.78 is 25.5. The SMILES string of the molecule is C=CCn1c(S[C@H](C)C(=O)Nc2ccc(C#N)cc2)nnc1[C@@H]1CCS(=O)(=O)C1. The van der Waals surface area contributed by atoms with Gasteiger partial charge in [0.1, 0.15) is 5.82 Å². The Labute approximate surface area is 173 Å². The van der Waals surface area contributed by atoms with Gasteiger partial charge in [-0.3, -0.25) is 4.79 Å². The summed E-state index contributed by atoms with van der Waals surface area (Å²) in [4.78, 5) is 12.5. The van der Waals surface area contributed by atoms with Gasteiger partial charge in [-0.25, -0.2) is 8.42 Å². The van der Waals surface area contributed by atoms with E-state index >= 15 is 0 Å². The van der Waals surface area contributed by atoms with Crippen molar-refractivity contribution < 1.29 is 13.2 Å². The molecule has 2 aromatic rings. The number of thioether (sulfide) groups is 1. The van der Waals surface area contributed by atoms with Crippen LogP contribution in [0.3, 0.4) is 0 Å². The van der Waals surface area contributed by atoms with E-state index in [1.807, 2.05) is 10.6 Å². The van der Waals surface area contributed by atoms with Crippen LogP contribution in [0.15, 0.2) is 42.1 Å². The van der Waals surface area contributed by atoms with E-state index in [1.165, 1.54) is 11.8 Å². The third-order valence-electron chi connectivity index (χ3n) is 4.59. The minimum atomic E-state index is -3.04. The highest BCUT2D eigenvalue weighted by Gasteiger charge is 2.33.